The molecule has 1 rings (SSSR count). The molecule has 0 aromatic heterocycles. The van der Waals surface area contributed by atoms with Crippen molar-refractivity contribution < 1.29 is 28.5 Å². The average molecular weight is 397 g/mol. The molecule has 0 amide bonds. The lowest BCUT2D eigenvalue weighted by molar-refractivity contribution is 0.0203. The van der Waals surface area contributed by atoms with Crippen LogP contribution in [0.1, 0.15) is 42.3 Å². The van der Waals surface area contributed by atoms with Crippen molar-refractivity contribution in [1.82, 2.24) is 0 Å². The zero-order valence-corrected chi connectivity index (χ0v) is 18.9. The van der Waals surface area contributed by atoms with E-state index in [2.05, 4.69) is 19.6 Å². The van der Waals surface area contributed by atoms with Gasteiger partial charge in [0.25, 0.3) is 0 Å². The summed E-state index contributed by atoms with van der Waals surface area (Å²) in [7, 11) is 0.0180. The van der Waals surface area contributed by atoms with Crippen LogP contribution in [-0.4, -0.2) is 39.5 Å². The van der Waals surface area contributed by atoms with Crippen LogP contribution in [0.25, 0.3) is 0 Å². The topological polar surface area (TPSA) is 71.1 Å². The van der Waals surface area contributed by atoms with Gasteiger partial charge in [-0.2, -0.15) is 0 Å². The molecule has 0 saturated carbocycles. The molecule has 0 aliphatic rings. The van der Waals surface area contributed by atoms with Gasteiger partial charge in [-0.05, 0) is 52.3 Å². The van der Waals surface area contributed by atoms with Crippen LogP contribution in [0.3, 0.4) is 0 Å². The largest absolute Gasteiger partial charge is 0.514 e. The van der Waals surface area contributed by atoms with Gasteiger partial charge in [0, 0.05) is 13.6 Å². The van der Waals surface area contributed by atoms with E-state index in [0.29, 0.717) is 34.8 Å². The summed E-state index contributed by atoms with van der Waals surface area (Å²) in [6.07, 6.45) is -0.799. The normalized spacial score (nSPS) is 11.7. The molecule has 27 heavy (non-hydrogen) atoms. The molecule has 0 fully saturated rings. The maximum atomic E-state index is 12.2. The number of rotatable bonds is 6. The Bertz CT molecular complexity index is 698. The van der Waals surface area contributed by atoms with E-state index in [-0.39, 0.29) is 0 Å². The van der Waals surface area contributed by atoms with Gasteiger partial charge in [-0.25, -0.2) is 9.59 Å². The highest BCUT2D eigenvalue weighted by atomic mass is 28.3. The van der Waals surface area contributed by atoms with Gasteiger partial charge in [-0.1, -0.05) is 19.6 Å². The first-order valence-electron chi connectivity index (χ1n) is 9.01. The molecule has 0 bridgehead atoms. The third-order valence-corrected chi connectivity index (χ3v) is 5.43. The first-order valence-corrected chi connectivity index (χ1v) is 12.7. The Morgan fingerprint density at radius 2 is 1.67 bits per heavy atom. The van der Waals surface area contributed by atoms with Crippen LogP contribution in [0, 0.1) is 13.8 Å². The van der Waals surface area contributed by atoms with E-state index in [4.69, 9.17) is 18.9 Å². The van der Waals surface area contributed by atoms with E-state index in [0.717, 1.165) is 6.04 Å². The molecule has 0 aliphatic heterocycles. The second-order valence-corrected chi connectivity index (χ2v) is 14.4. The van der Waals surface area contributed by atoms with E-state index in [1.165, 1.54) is 7.11 Å². The third kappa shape index (κ3) is 7.25. The lowest BCUT2D eigenvalue weighted by Crippen LogP contribution is -2.26. The number of carbonyl (C=O) groups excluding carboxylic acids is 2. The standard InChI is InChI=1S/C20H32O6Si/c1-13-12-15(18(21)23-6)17(24-10-11-27(7,8)9)14(2)16(13)25-19(22)26-20(3,4)5/h12H,10-11H2,1-9H3. The number of hydrogen-bond acceptors (Lipinski definition) is 6. The number of methoxy groups -OCH3 is 1. The number of carbonyl (C=O) groups is 2. The van der Waals surface area contributed by atoms with Crippen molar-refractivity contribution in [3.63, 3.8) is 0 Å². The lowest BCUT2D eigenvalue weighted by Gasteiger charge is -2.22. The smallest absolute Gasteiger partial charge is 0.493 e. The van der Waals surface area contributed by atoms with Gasteiger partial charge in [0.2, 0.25) is 0 Å². The van der Waals surface area contributed by atoms with Crippen molar-refractivity contribution in [2.24, 2.45) is 0 Å². The van der Waals surface area contributed by atoms with Crippen molar-refractivity contribution in [1.29, 1.82) is 0 Å². The van der Waals surface area contributed by atoms with Gasteiger partial charge in [-0.15, -0.1) is 0 Å². The van der Waals surface area contributed by atoms with Gasteiger partial charge < -0.3 is 18.9 Å². The maximum absolute atomic E-state index is 12.2. The van der Waals surface area contributed by atoms with E-state index in [1.54, 1.807) is 40.7 Å². The van der Waals surface area contributed by atoms with E-state index >= 15 is 0 Å². The van der Waals surface area contributed by atoms with Gasteiger partial charge in [0.05, 0.1) is 13.7 Å². The van der Waals surface area contributed by atoms with Gasteiger partial charge in [0.15, 0.2) is 0 Å². The molecule has 152 valence electrons. The molecular formula is C20H32O6Si. The number of benzene rings is 1. The molecular weight excluding hydrogens is 364 g/mol. The Morgan fingerprint density at radius 3 is 2.15 bits per heavy atom. The third-order valence-electron chi connectivity index (χ3n) is 3.72. The van der Waals surface area contributed by atoms with Gasteiger partial charge in [-0.3, -0.25) is 0 Å². The summed E-state index contributed by atoms with van der Waals surface area (Å²) >= 11 is 0. The van der Waals surface area contributed by atoms with Crippen LogP contribution in [0.15, 0.2) is 6.07 Å². The molecule has 0 aliphatic carbocycles. The Balaban J connectivity index is 3.24. The summed E-state index contributed by atoms with van der Waals surface area (Å²) in [6, 6.07) is 2.55. The predicted molar refractivity (Wildman–Crippen MR) is 108 cm³/mol. The molecule has 0 saturated heterocycles. The number of esters is 1. The molecule has 1 aromatic carbocycles. The summed E-state index contributed by atoms with van der Waals surface area (Å²) in [5.41, 5.74) is 0.842. The second-order valence-electron chi connectivity index (χ2n) is 8.74. The molecule has 0 spiro atoms. The molecule has 0 unspecified atom stereocenters. The van der Waals surface area contributed by atoms with Crippen LogP contribution < -0.4 is 9.47 Å². The minimum absolute atomic E-state index is 0.319. The van der Waals surface area contributed by atoms with Crippen molar-refractivity contribution in [2.75, 3.05) is 13.7 Å². The maximum Gasteiger partial charge on any atom is 0.514 e. The predicted octanol–water partition coefficient (Wildman–Crippen LogP) is 5.12. The number of hydrogen-bond donors (Lipinski definition) is 0. The lowest BCUT2D eigenvalue weighted by atomic mass is 10.0. The second kappa shape index (κ2) is 8.78. The Kier molecular flexibility index (Phi) is 7.48. The first kappa shape index (κ1) is 23.0. The van der Waals surface area contributed by atoms with Crippen LogP contribution in [-0.2, 0) is 9.47 Å². The fraction of sp³-hybridized carbons (Fsp3) is 0.600. The highest BCUT2D eigenvalue weighted by molar-refractivity contribution is 6.76. The van der Waals surface area contributed by atoms with E-state index in [9.17, 15) is 9.59 Å². The minimum Gasteiger partial charge on any atom is -0.493 e. The number of aryl methyl sites for hydroxylation is 1. The van der Waals surface area contributed by atoms with Crippen molar-refractivity contribution in [3.8, 4) is 11.5 Å². The summed E-state index contributed by atoms with van der Waals surface area (Å²) < 4.78 is 21.5. The molecule has 7 heteroatoms. The molecule has 6 nitrogen and oxygen atoms in total. The Morgan fingerprint density at radius 1 is 1.07 bits per heavy atom. The van der Waals surface area contributed by atoms with Crippen molar-refractivity contribution in [3.05, 3.63) is 22.8 Å². The zero-order valence-electron chi connectivity index (χ0n) is 17.9. The summed E-state index contributed by atoms with van der Waals surface area (Å²) in [5.74, 6) is 0.220. The quantitative estimate of drug-likeness (QED) is 0.377. The molecule has 0 N–H and O–H groups in total. The first-order chi connectivity index (χ1) is 12.2. The van der Waals surface area contributed by atoms with Crippen molar-refractivity contribution >= 4 is 20.2 Å². The van der Waals surface area contributed by atoms with Gasteiger partial charge >= 0.3 is 12.1 Å². The highest BCUT2D eigenvalue weighted by Crippen LogP contribution is 2.36. The molecule has 0 radical (unpaired) electrons. The molecule has 0 atom stereocenters. The summed E-state index contributed by atoms with van der Waals surface area (Å²) in [5, 5.41) is 0. The number of ether oxygens (including phenoxy) is 4. The van der Waals surface area contributed by atoms with Crippen molar-refractivity contribution in [2.45, 2.75) is 65.9 Å². The summed E-state index contributed by atoms with van der Waals surface area (Å²) in [6.45, 7) is 16.0. The fourth-order valence-corrected chi connectivity index (χ4v) is 3.08. The highest BCUT2D eigenvalue weighted by Gasteiger charge is 2.25. The van der Waals surface area contributed by atoms with E-state index in [1.807, 2.05) is 0 Å². The Labute approximate surface area is 163 Å². The van der Waals surface area contributed by atoms with Gasteiger partial charge in [0.1, 0.15) is 22.7 Å². The van der Waals surface area contributed by atoms with Crippen LogP contribution in [0.4, 0.5) is 4.79 Å². The molecule has 1 aromatic rings. The minimum atomic E-state index is -1.31. The van der Waals surface area contributed by atoms with Crippen LogP contribution >= 0.6 is 0 Å². The Hall–Kier alpha value is -2.02. The van der Waals surface area contributed by atoms with Crippen LogP contribution in [0.5, 0.6) is 11.5 Å². The zero-order chi connectivity index (χ0) is 21.0. The summed E-state index contributed by atoms with van der Waals surface area (Å²) in [4.78, 5) is 24.3. The monoisotopic (exact) mass is 396 g/mol. The SMILES string of the molecule is COC(=O)c1cc(C)c(OC(=O)OC(C)(C)C)c(C)c1OCC[Si](C)(C)C. The van der Waals surface area contributed by atoms with E-state index < -0.39 is 25.8 Å². The molecule has 0 heterocycles. The fourth-order valence-electron chi connectivity index (χ4n) is 2.37. The van der Waals surface area contributed by atoms with Crippen LogP contribution in [0.2, 0.25) is 25.7 Å². The average Bonchev–Trinajstić information content (AvgIpc) is 2.49.